The average molecular weight is 1910 g/mol. The molecule has 6 aromatic carbocycles. The molecule has 14 aromatic rings. The Kier molecular flexibility index (Phi) is 23.5. The van der Waals surface area contributed by atoms with Gasteiger partial charge in [-0.2, -0.15) is 4.98 Å². The predicted octanol–water partition coefficient (Wildman–Crippen LogP) is 29.1. The van der Waals surface area contributed by atoms with E-state index in [-0.39, 0.29) is 81.7 Å². The van der Waals surface area contributed by atoms with Crippen molar-refractivity contribution < 1.29 is 42.9 Å². The summed E-state index contributed by atoms with van der Waals surface area (Å²) in [5, 5.41) is 0.588. The summed E-state index contributed by atoms with van der Waals surface area (Å²) >= 11 is 9.17. The van der Waals surface area contributed by atoms with Gasteiger partial charge in [-0.3, -0.25) is 0 Å². The molecule has 3 aliphatic heterocycles. The Morgan fingerprint density at radius 3 is 0.848 bits per heavy atom. The van der Waals surface area contributed by atoms with Crippen LogP contribution in [0.15, 0.2) is 169 Å². The fourth-order valence-electron chi connectivity index (χ4n) is 17.6. The summed E-state index contributed by atoms with van der Waals surface area (Å²) in [6.45, 7) is 54.2. The average Bonchev–Trinajstić information content (AvgIpc) is 1.62. The third kappa shape index (κ3) is 17.3. The SMILES string of the molecule is CSc1nc(Cl)c(-c2c3ccc([n-]3)c(-c3c(C)cc(C)cc3C)c3nc(c4ccc([n-]4)c(-c4c(C)cc(C)cc4C)c4ccc2[n-]4)C=C3)c(Oc2ccc(-c3c4nc(c(-c5cc(C(C)(C)C)cc(C(C)(C)C)c5)c5ccc([n-]5)c(-c5cc(C(C)(C)C)cc(C(C)(C)C)c5)c5nc(c(-c6cc(C(C)(C)C)cc(C(C)(C)C)c6)c6ccc3[n-]6)C=C5)C=C4)cc2)n1.[Cu].[Pt+2]. The second kappa shape index (κ2) is 33.0. The van der Waals surface area contributed by atoms with Crippen LogP contribution in [0.1, 0.15) is 226 Å². The first-order valence-electron chi connectivity index (χ1n) is 42.8. The van der Waals surface area contributed by atoms with Gasteiger partial charge in [0.2, 0.25) is 5.88 Å². The number of halogens is 1. The zero-order valence-electron chi connectivity index (χ0n) is 76.3. The molecular weight excluding hydrogens is 1800 g/mol. The third-order valence-electron chi connectivity index (χ3n) is 24.3. The molecule has 0 aliphatic carbocycles. The first kappa shape index (κ1) is 89.2. The minimum atomic E-state index is -0.195. The van der Waals surface area contributed by atoms with Crippen LogP contribution in [0.25, 0.3) is 170 Å². The molecule has 11 nitrogen and oxygen atoms in total. The first-order chi connectivity index (χ1) is 58.0. The number of ether oxygens (including phenoxy) is 1. The van der Waals surface area contributed by atoms with Crippen LogP contribution in [0, 0.1) is 41.5 Å². The van der Waals surface area contributed by atoms with E-state index in [0.29, 0.717) is 33.1 Å². The van der Waals surface area contributed by atoms with E-state index in [1.165, 1.54) is 56.3 Å². The summed E-state index contributed by atoms with van der Waals surface area (Å²) < 4.78 is 7.32. The molecule has 0 atom stereocenters. The molecule has 17 rings (SSSR count). The van der Waals surface area contributed by atoms with Gasteiger partial charge >= 0.3 is 21.1 Å². The Bertz CT molecular complexity index is 6940. The Hall–Kier alpha value is -10.6. The van der Waals surface area contributed by atoms with Gasteiger partial charge in [0, 0.05) is 22.8 Å². The van der Waals surface area contributed by atoms with E-state index in [2.05, 4.69) is 342 Å². The van der Waals surface area contributed by atoms with Crippen molar-refractivity contribution in [1.82, 2.24) is 49.8 Å². The van der Waals surface area contributed by atoms with Gasteiger partial charge in [-0.1, -0.05) is 311 Å². The van der Waals surface area contributed by atoms with Crippen molar-refractivity contribution in [1.29, 1.82) is 0 Å². The van der Waals surface area contributed by atoms with Crippen LogP contribution in [-0.2, 0) is 70.6 Å². The van der Waals surface area contributed by atoms with Crippen LogP contribution in [0.4, 0.5) is 0 Å². The molecule has 3 aliphatic rings. The smallest absolute Gasteiger partial charge is 0.657 e. The monoisotopic (exact) mass is 1910 g/mol. The third-order valence-corrected chi connectivity index (χ3v) is 25.1. The Morgan fingerprint density at radius 2 is 0.528 bits per heavy atom. The zero-order valence-corrected chi connectivity index (χ0v) is 81.1. The van der Waals surface area contributed by atoms with E-state index in [1.54, 1.807) is 0 Å². The molecule has 125 heavy (non-hydrogen) atoms. The molecule has 0 saturated heterocycles. The maximum absolute atomic E-state index is 7.79. The number of fused-ring (bicyclic) bond motifs is 17. The molecule has 0 amide bonds. The quantitative estimate of drug-likeness (QED) is 0.0556. The number of hydrogen-bond donors (Lipinski definition) is 0. The van der Waals surface area contributed by atoms with Gasteiger partial charge < -0.3 is 29.7 Å². The van der Waals surface area contributed by atoms with Gasteiger partial charge in [0.1, 0.15) is 10.9 Å². The van der Waals surface area contributed by atoms with E-state index in [4.69, 9.17) is 66.2 Å². The first-order valence-corrected chi connectivity index (χ1v) is 44.4. The number of hydrogen-bond acceptors (Lipinski definition) is 7. The maximum atomic E-state index is 7.79. The Labute approximate surface area is 771 Å². The number of nitrogens with zero attached hydrogens (tertiary/aromatic N) is 10. The van der Waals surface area contributed by atoms with Gasteiger partial charge in [0.15, 0.2) is 5.16 Å². The minimum Gasteiger partial charge on any atom is -0.657 e. The van der Waals surface area contributed by atoms with Crippen LogP contribution in [-0.4, -0.2) is 31.2 Å². The predicted molar refractivity (Wildman–Crippen MR) is 520 cm³/mol. The van der Waals surface area contributed by atoms with Crippen molar-refractivity contribution in [2.24, 2.45) is 0 Å². The van der Waals surface area contributed by atoms with Crippen molar-refractivity contribution in [3.8, 4) is 89.5 Å². The maximum Gasteiger partial charge on any atom is 2.00 e. The molecule has 15 heteroatoms. The molecule has 0 N–H and O–H groups in total. The second-order valence-corrected chi connectivity index (χ2v) is 41.2. The van der Waals surface area contributed by atoms with Crippen LogP contribution in [0.3, 0.4) is 0 Å². The molecular formula is C110H108ClCuN10OPtS-3. The molecule has 0 unspecified atom stereocenters. The molecule has 11 heterocycles. The summed E-state index contributed by atoms with van der Waals surface area (Å²) in [6.07, 6.45) is 14.8. The number of thioether (sulfide) groups is 1. The second-order valence-electron chi connectivity index (χ2n) is 40.1. The number of benzene rings is 6. The number of aryl methyl sites for hydroxylation is 6. The van der Waals surface area contributed by atoms with E-state index in [0.717, 1.165) is 167 Å². The van der Waals surface area contributed by atoms with Crippen LogP contribution < -0.4 is 29.7 Å². The van der Waals surface area contributed by atoms with Crippen LogP contribution >= 0.6 is 23.4 Å². The Balaban J connectivity index is 0.00000604. The van der Waals surface area contributed by atoms with Crippen molar-refractivity contribution in [2.75, 3.05) is 6.26 Å². The van der Waals surface area contributed by atoms with Gasteiger partial charge in [0.25, 0.3) is 0 Å². The summed E-state index contributed by atoms with van der Waals surface area (Å²) in [6, 6.07) is 59.4. The minimum absolute atomic E-state index is 0. The molecule has 0 fully saturated rings. The molecule has 1 radical (unpaired) electrons. The molecule has 16 bridgehead atoms. The topological polar surface area (TPSA) is 144 Å². The van der Waals surface area contributed by atoms with Crippen LogP contribution in [0.2, 0.25) is 5.15 Å². The van der Waals surface area contributed by atoms with Gasteiger partial charge in [-0.15, -0.1) is 55.2 Å². The molecule has 0 spiro atoms. The van der Waals surface area contributed by atoms with Crippen LogP contribution in [0.5, 0.6) is 11.6 Å². The van der Waals surface area contributed by atoms with Crippen molar-refractivity contribution >= 4 is 115 Å². The summed E-state index contributed by atoms with van der Waals surface area (Å²) in [4.78, 5) is 56.0. The fourth-order valence-corrected chi connectivity index (χ4v) is 18.3. The summed E-state index contributed by atoms with van der Waals surface area (Å²) in [5.41, 5.74) is 37.4. The van der Waals surface area contributed by atoms with Gasteiger partial charge in [0.05, 0.1) is 34.0 Å². The molecule has 641 valence electrons. The summed E-state index contributed by atoms with van der Waals surface area (Å²) in [7, 11) is 0. The number of rotatable bonds is 10. The van der Waals surface area contributed by atoms with E-state index in [1.807, 2.05) is 30.5 Å². The van der Waals surface area contributed by atoms with E-state index >= 15 is 0 Å². The van der Waals surface area contributed by atoms with Crippen molar-refractivity contribution in [3.63, 3.8) is 0 Å². The standard InChI is InChI=1S/C110H108ClN10OS.Cu.Pt/c1-59-46-61(3)92(62(4)47-59)98-86-32-30-76(112-86)77-31-33-87(113-77)99(93-63(5)48-60(2)49-64(93)6)89-43-45-91(119-89)100(90-44-42-88(98)118-90)101-102(111)120-104(123-25)121-103(101)122-75-28-26-65(27-29-75)94-78-34-36-80(114-78)95(66-50-69(105(7,8)9)56-70(51-66)106(10,11)12)82-38-40-84(116-82)97(68-54-73(109(19,20)21)58-74(55-68)110(22,23)24)85-41-39-83(117-85)96(81-37-35-79(94)115-81)67-52-71(107(13,14)15)57-72(53-67)108(16,17)18;;/h26-58H,1-25H3;;/q-5;;+2. The van der Waals surface area contributed by atoms with Gasteiger partial charge in [-0.25, -0.2) is 19.9 Å². The Morgan fingerprint density at radius 1 is 0.272 bits per heavy atom. The van der Waals surface area contributed by atoms with E-state index in [9.17, 15) is 0 Å². The zero-order chi connectivity index (χ0) is 87.4. The normalized spacial score (nSPS) is 12.8. The van der Waals surface area contributed by atoms with Crippen molar-refractivity contribution in [2.45, 2.75) is 204 Å². The van der Waals surface area contributed by atoms with Gasteiger partial charge in [-0.05, 0) is 257 Å². The largest absolute Gasteiger partial charge is 2.00 e. The van der Waals surface area contributed by atoms with Crippen molar-refractivity contribution in [3.05, 3.63) is 270 Å². The van der Waals surface area contributed by atoms with E-state index < -0.39 is 0 Å². The molecule has 8 aromatic heterocycles. The fraction of sp³-hybridized carbons (Fsp3) is 0.282. The number of aromatic nitrogens is 10. The summed E-state index contributed by atoms with van der Waals surface area (Å²) in [5.74, 6) is 0.712. The molecule has 0 saturated carbocycles.